The van der Waals surface area contributed by atoms with Gasteiger partial charge in [-0.05, 0) is 18.9 Å². The number of carbonyl (C=O) groups is 1. The normalized spacial score (nSPS) is 22.0. The van der Waals surface area contributed by atoms with Gasteiger partial charge >= 0.3 is 0 Å². The van der Waals surface area contributed by atoms with E-state index < -0.39 is 12.1 Å². The number of carbonyl (C=O) groups excluding carboxylic acids is 1. The summed E-state index contributed by atoms with van der Waals surface area (Å²) in [7, 11) is 0. The van der Waals surface area contributed by atoms with Gasteiger partial charge in [0.25, 0.3) is 5.91 Å². The van der Waals surface area contributed by atoms with Crippen molar-refractivity contribution in [2.45, 2.75) is 26.4 Å². The largest absolute Gasteiger partial charge is 0.337 e. The molecule has 0 saturated carbocycles. The van der Waals surface area contributed by atoms with E-state index in [4.69, 9.17) is 0 Å². The molecular formula is C15H19FN6O. The van der Waals surface area contributed by atoms with Crippen LogP contribution in [0.3, 0.4) is 0 Å². The average molecular weight is 318 g/mol. The van der Waals surface area contributed by atoms with E-state index in [1.807, 2.05) is 17.3 Å². The molecule has 23 heavy (non-hydrogen) atoms. The number of piperazine rings is 1. The van der Waals surface area contributed by atoms with Crippen molar-refractivity contribution >= 4 is 23.5 Å². The van der Waals surface area contributed by atoms with E-state index in [9.17, 15) is 9.18 Å². The van der Waals surface area contributed by atoms with Crippen molar-refractivity contribution in [3.63, 3.8) is 0 Å². The molecule has 2 aliphatic heterocycles. The van der Waals surface area contributed by atoms with Crippen LogP contribution >= 0.6 is 0 Å². The highest BCUT2D eigenvalue weighted by molar-refractivity contribution is 6.16. The Hall–Kier alpha value is -2.38. The molecule has 1 fully saturated rings. The number of amides is 1. The zero-order valence-corrected chi connectivity index (χ0v) is 13.2. The highest BCUT2D eigenvalue weighted by Crippen LogP contribution is 2.14. The topological polar surface area (TPSA) is 74.1 Å². The molecule has 1 atom stereocenters. The van der Waals surface area contributed by atoms with E-state index >= 15 is 0 Å². The summed E-state index contributed by atoms with van der Waals surface area (Å²) in [5, 5.41) is 0. The summed E-state index contributed by atoms with van der Waals surface area (Å²) >= 11 is 0. The second-order valence-corrected chi connectivity index (χ2v) is 5.58. The molecule has 0 aromatic carbocycles. The van der Waals surface area contributed by atoms with Gasteiger partial charge in [-0.2, -0.15) is 4.99 Å². The Balaban J connectivity index is 1.64. The van der Waals surface area contributed by atoms with Crippen LogP contribution in [0.15, 0.2) is 22.4 Å². The third kappa shape index (κ3) is 3.20. The summed E-state index contributed by atoms with van der Waals surface area (Å²) in [6.45, 7) is 6.25. The number of nitrogens with zero attached hydrogens (tertiary/aromatic N) is 6. The van der Waals surface area contributed by atoms with Crippen molar-refractivity contribution in [1.82, 2.24) is 14.9 Å². The van der Waals surface area contributed by atoms with Crippen LogP contribution in [0.25, 0.3) is 0 Å². The minimum Gasteiger partial charge on any atom is -0.337 e. The number of halogens is 1. The number of alkyl halides is 1. The minimum atomic E-state index is -1.70. The van der Waals surface area contributed by atoms with Gasteiger partial charge in [-0.25, -0.2) is 19.4 Å². The van der Waals surface area contributed by atoms with Crippen LogP contribution in [0.5, 0.6) is 0 Å². The zero-order valence-electron chi connectivity index (χ0n) is 13.2. The number of anilines is 1. The first-order valence-corrected chi connectivity index (χ1v) is 7.71. The summed E-state index contributed by atoms with van der Waals surface area (Å²) in [6, 6.07) is 0. The SMILES string of the molecule is CCc1cnc(N2CCN(C3=NC(=O)C(F)C(C)=N3)CC2)nc1. The Kier molecular flexibility index (Phi) is 4.31. The van der Waals surface area contributed by atoms with Crippen LogP contribution in [0.4, 0.5) is 10.3 Å². The Morgan fingerprint density at radius 1 is 1.13 bits per heavy atom. The molecule has 3 heterocycles. The number of hydrogen-bond donors (Lipinski definition) is 0. The first kappa shape index (κ1) is 15.5. The fourth-order valence-electron chi connectivity index (χ4n) is 2.52. The van der Waals surface area contributed by atoms with Crippen LogP contribution < -0.4 is 4.90 Å². The zero-order chi connectivity index (χ0) is 16.4. The Morgan fingerprint density at radius 3 is 2.30 bits per heavy atom. The highest BCUT2D eigenvalue weighted by atomic mass is 19.1. The van der Waals surface area contributed by atoms with Gasteiger partial charge in [0.15, 0.2) is 0 Å². The van der Waals surface area contributed by atoms with Gasteiger partial charge in [0.05, 0.1) is 5.71 Å². The Bertz CT molecular complexity index is 648. The fraction of sp³-hybridized carbons (Fsp3) is 0.533. The van der Waals surface area contributed by atoms with Crippen LogP contribution in [-0.2, 0) is 11.2 Å². The molecular weight excluding hydrogens is 299 g/mol. The Morgan fingerprint density at radius 2 is 1.74 bits per heavy atom. The van der Waals surface area contributed by atoms with E-state index in [-0.39, 0.29) is 5.71 Å². The maximum Gasteiger partial charge on any atom is 0.289 e. The molecule has 1 unspecified atom stereocenters. The van der Waals surface area contributed by atoms with E-state index in [0.29, 0.717) is 38.1 Å². The lowest BCUT2D eigenvalue weighted by Crippen LogP contribution is -2.50. The molecule has 0 N–H and O–H groups in total. The van der Waals surface area contributed by atoms with Gasteiger partial charge in [0.2, 0.25) is 18.1 Å². The molecule has 8 heteroatoms. The predicted octanol–water partition coefficient (Wildman–Crippen LogP) is 0.856. The molecule has 1 aromatic heterocycles. The molecule has 1 amide bonds. The van der Waals surface area contributed by atoms with E-state index in [1.165, 1.54) is 6.92 Å². The monoisotopic (exact) mass is 318 g/mol. The van der Waals surface area contributed by atoms with Crippen molar-refractivity contribution in [2.75, 3.05) is 31.1 Å². The second-order valence-electron chi connectivity index (χ2n) is 5.58. The predicted molar refractivity (Wildman–Crippen MR) is 85.6 cm³/mol. The van der Waals surface area contributed by atoms with E-state index in [2.05, 4.69) is 31.8 Å². The van der Waals surface area contributed by atoms with Crippen molar-refractivity contribution in [2.24, 2.45) is 9.98 Å². The first-order chi connectivity index (χ1) is 11.1. The van der Waals surface area contributed by atoms with Gasteiger partial charge in [-0.1, -0.05) is 6.92 Å². The lowest BCUT2D eigenvalue weighted by molar-refractivity contribution is -0.120. The van der Waals surface area contributed by atoms with Gasteiger partial charge < -0.3 is 9.80 Å². The van der Waals surface area contributed by atoms with Crippen LogP contribution in [0, 0.1) is 0 Å². The summed E-state index contributed by atoms with van der Waals surface area (Å²) in [5.74, 6) is 0.240. The molecule has 1 saturated heterocycles. The lowest BCUT2D eigenvalue weighted by Gasteiger charge is -2.35. The number of guanidine groups is 1. The first-order valence-electron chi connectivity index (χ1n) is 7.71. The van der Waals surface area contributed by atoms with Gasteiger partial charge in [-0.3, -0.25) is 4.79 Å². The third-order valence-corrected chi connectivity index (χ3v) is 4.02. The molecule has 0 radical (unpaired) electrons. The molecule has 1 aromatic rings. The van der Waals surface area contributed by atoms with E-state index in [1.54, 1.807) is 0 Å². The Labute approximate surface area is 134 Å². The molecule has 3 rings (SSSR count). The van der Waals surface area contributed by atoms with Crippen LogP contribution in [0.1, 0.15) is 19.4 Å². The summed E-state index contributed by atoms with van der Waals surface area (Å²) in [5.41, 5.74) is 1.27. The third-order valence-electron chi connectivity index (χ3n) is 4.02. The standard InChI is InChI=1S/C15H19FN6O/c1-3-11-8-17-14(18-9-11)21-4-6-22(7-5-21)15-19-10(2)12(16)13(23)20-15/h8-9,12H,3-7H2,1-2H3. The maximum absolute atomic E-state index is 13.4. The van der Waals surface area contributed by atoms with Crippen molar-refractivity contribution < 1.29 is 9.18 Å². The number of aliphatic imine (C=N–C) groups is 2. The molecule has 0 bridgehead atoms. The molecule has 122 valence electrons. The van der Waals surface area contributed by atoms with Gasteiger partial charge in [-0.15, -0.1) is 0 Å². The van der Waals surface area contributed by atoms with Crippen LogP contribution in [0.2, 0.25) is 0 Å². The van der Waals surface area contributed by atoms with Crippen molar-refractivity contribution in [1.29, 1.82) is 0 Å². The van der Waals surface area contributed by atoms with Crippen molar-refractivity contribution in [3.05, 3.63) is 18.0 Å². The number of aromatic nitrogens is 2. The summed E-state index contributed by atoms with van der Waals surface area (Å²) < 4.78 is 13.4. The van der Waals surface area contributed by atoms with Crippen molar-refractivity contribution in [3.8, 4) is 0 Å². The average Bonchev–Trinajstić information content (AvgIpc) is 2.59. The number of rotatable bonds is 2. The minimum absolute atomic E-state index is 0.168. The molecule has 0 spiro atoms. The lowest BCUT2D eigenvalue weighted by atomic mass is 10.2. The molecule has 2 aliphatic rings. The number of aryl methyl sites for hydroxylation is 1. The maximum atomic E-state index is 13.4. The van der Waals surface area contributed by atoms with Gasteiger partial charge in [0.1, 0.15) is 0 Å². The van der Waals surface area contributed by atoms with Gasteiger partial charge in [0, 0.05) is 38.6 Å². The highest BCUT2D eigenvalue weighted by Gasteiger charge is 2.29. The summed E-state index contributed by atoms with van der Waals surface area (Å²) in [4.78, 5) is 32.1. The smallest absolute Gasteiger partial charge is 0.289 e. The van der Waals surface area contributed by atoms with E-state index in [0.717, 1.165) is 12.0 Å². The molecule has 0 aliphatic carbocycles. The number of hydrogen-bond acceptors (Lipinski definition) is 6. The summed E-state index contributed by atoms with van der Waals surface area (Å²) in [6.07, 6.45) is 2.89. The quantitative estimate of drug-likeness (QED) is 0.808. The fourth-order valence-corrected chi connectivity index (χ4v) is 2.52. The van der Waals surface area contributed by atoms with Crippen LogP contribution in [-0.4, -0.2) is 64.8 Å². The second kappa shape index (κ2) is 6.39. The molecule has 7 nitrogen and oxygen atoms in total.